The van der Waals surface area contributed by atoms with E-state index in [0.29, 0.717) is 28.0 Å². The van der Waals surface area contributed by atoms with Crippen LogP contribution in [0.15, 0.2) is 36.4 Å². The molecule has 0 bridgehead atoms. The van der Waals surface area contributed by atoms with Crippen LogP contribution in [0.4, 0.5) is 5.13 Å². The number of halogens is 1. The van der Waals surface area contributed by atoms with Crippen LogP contribution in [0.3, 0.4) is 0 Å². The van der Waals surface area contributed by atoms with Crippen molar-refractivity contribution in [1.82, 2.24) is 4.98 Å². The second-order valence-electron chi connectivity index (χ2n) is 6.79. The van der Waals surface area contributed by atoms with E-state index in [1.165, 1.54) is 11.3 Å². The van der Waals surface area contributed by atoms with Gasteiger partial charge in [0.05, 0.1) is 40.6 Å². The lowest BCUT2D eigenvalue weighted by Crippen LogP contribution is -2.37. The summed E-state index contributed by atoms with van der Waals surface area (Å²) < 4.78 is 12.1. The van der Waals surface area contributed by atoms with E-state index < -0.39 is 0 Å². The van der Waals surface area contributed by atoms with E-state index in [1.54, 1.807) is 24.1 Å². The van der Waals surface area contributed by atoms with E-state index in [9.17, 15) is 4.79 Å². The Morgan fingerprint density at radius 2 is 2.18 bits per heavy atom. The van der Waals surface area contributed by atoms with Crippen LogP contribution in [0, 0.1) is 6.92 Å². The second kappa shape index (κ2) is 8.07. The Morgan fingerprint density at radius 1 is 1.36 bits per heavy atom. The molecule has 1 unspecified atom stereocenters. The maximum Gasteiger partial charge on any atom is 0.263 e. The Hall–Kier alpha value is -2.15. The van der Waals surface area contributed by atoms with Crippen molar-refractivity contribution in [3.8, 4) is 5.75 Å². The number of benzene rings is 2. The number of carbonyl (C=O) groups excluding carboxylic acids is 1. The summed E-state index contributed by atoms with van der Waals surface area (Å²) in [6.07, 6.45) is 1.94. The minimum Gasteiger partial charge on any atom is -0.496 e. The van der Waals surface area contributed by atoms with Crippen LogP contribution in [-0.2, 0) is 4.74 Å². The van der Waals surface area contributed by atoms with Gasteiger partial charge in [-0.05, 0) is 43.5 Å². The number of anilines is 1. The first kappa shape index (κ1) is 19.2. The Bertz CT molecular complexity index is 975. The fraction of sp³-hybridized carbons (Fsp3) is 0.333. The number of ether oxygens (including phenoxy) is 2. The van der Waals surface area contributed by atoms with Gasteiger partial charge in [0, 0.05) is 6.61 Å². The van der Waals surface area contributed by atoms with Gasteiger partial charge in [0.15, 0.2) is 5.13 Å². The molecule has 1 aliphatic heterocycles. The first-order chi connectivity index (χ1) is 13.6. The smallest absolute Gasteiger partial charge is 0.263 e. The zero-order valence-electron chi connectivity index (χ0n) is 15.8. The molecule has 0 saturated carbocycles. The average Bonchev–Trinajstić information content (AvgIpc) is 3.39. The lowest BCUT2D eigenvalue weighted by Gasteiger charge is -2.23. The molecule has 28 heavy (non-hydrogen) atoms. The SMILES string of the molecule is COc1ccccc1C(=O)N(CC1CCCO1)c1nc2c(C)ccc(Cl)c2s1. The molecule has 1 fully saturated rings. The van der Waals surface area contributed by atoms with E-state index in [-0.39, 0.29) is 12.0 Å². The van der Waals surface area contributed by atoms with Crippen molar-refractivity contribution in [3.05, 3.63) is 52.5 Å². The van der Waals surface area contributed by atoms with Crippen LogP contribution in [-0.4, -0.2) is 37.3 Å². The van der Waals surface area contributed by atoms with Crippen LogP contribution >= 0.6 is 22.9 Å². The van der Waals surface area contributed by atoms with E-state index in [1.807, 2.05) is 31.2 Å². The van der Waals surface area contributed by atoms with Gasteiger partial charge >= 0.3 is 0 Å². The maximum absolute atomic E-state index is 13.5. The summed E-state index contributed by atoms with van der Waals surface area (Å²) in [7, 11) is 1.57. The molecule has 1 saturated heterocycles. The van der Waals surface area contributed by atoms with Gasteiger partial charge in [0.1, 0.15) is 5.75 Å². The third-order valence-corrected chi connectivity index (χ3v) is 6.45. The highest BCUT2D eigenvalue weighted by molar-refractivity contribution is 7.23. The second-order valence-corrected chi connectivity index (χ2v) is 8.17. The van der Waals surface area contributed by atoms with Crippen LogP contribution < -0.4 is 9.64 Å². The van der Waals surface area contributed by atoms with Gasteiger partial charge in [-0.2, -0.15) is 0 Å². The van der Waals surface area contributed by atoms with E-state index in [0.717, 1.165) is 35.2 Å². The Morgan fingerprint density at radius 3 is 2.89 bits per heavy atom. The Labute approximate surface area is 172 Å². The minimum atomic E-state index is -0.152. The number of aryl methyl sites for hydroxylation is 1. The number of nitrogens with zero attached hydrogens (tertiary/aromatic N) is 2. The molecule has 2 aromatic carbocycles. The predicted molar refractivity (Wildman–Crippen MR) is 113 cm³/mol. The number of hydrogen-bond donors (Lipinski definition) is 0. The molecule has 0 radical (unpaired) electrons. The number of para-hydroxylation sites is 1. The molecule has 3 aromatic rings. The zero-order chi connectivity index (χ0) is 19.7. The van der Waals surface area contributed by atoms with E-state index in [4.69, 9.17) is 26.1 Å². The van der Waals surface area contributed by atoms with Gasteiger partial charge in [-0.15, -0.1) is 0 Å². The van der Waals surface area contributed by atoms with Gasteiger partial charge in [-0.1, -0.05) is 41.1 Å². The quantitative estimate of drug-likeness (QED) is 0.581. The molecular formula is C21H21ClN2O3S. The molecule has 1 aliphatic rings. The number of hydrogen-bond acceptors (Lipinski definition) is 5. The Balaban J connectivity index is 1.78. The van der Waals surface area contributed by atoms with Crippen LogP contribution in [0.2, 0.25) is 5.02 Å². The van der Waals surface area contributed by atoms with Crippen molar-refractivity contribution in [2.75, 3.05) is 25.2 Å². The molecule has 146 valence electrons. The number of fused-ring (bicyclic) bond motifs is 1. The van der Waals surface area contributed by atoms with Crippen LogP contribution in [0.1, 0.15) is 28.8 Å². The topological polar surface area (TPSA) is 51.7 Å². The van der Waals surface area contributed by atoms with Crippen molar-refractivity contribution < 1.29 is 14.3 Å². The third kappa shape index (κ3) is 3.60. The fourth-order valence-electron chi connectivity index (χ4n) is 3.41. The van der Waals surface area contributed by atoms with E-state index in [2.05, 4.69) is 0 Å². The molecule has 4 rings (SSSR count). The highest BCUT2D eigenvalue weighted by Crippen LogP contribution is 2.37. The summed E-state index contributed by atoms with van der Waals surface area (Å²) in [6.45, 7) is 3.17. The third-order valence-electron chi connectivity index (χ3n) is 4.91. The van der Waals surface area contributed by atoms with Crippen LogP contribution in [0.25, 0.3) is 10.2 Å². The fourth-order valence-corrected chi connectivity index (χ4v) is 4.74. The van der Waals surface area contributed by atoms with Gasteiger partial charge in [-0.3, -0.25) is 9.69 Å². The summed E-state index contributed by atoms with van der Waals surface area (Å²) in [6, 6.07) is 11.1. The van der Waals surface area contributed by atoms with Crippen molar-refractivity contribution in [2.24, 2.45) is 0 Å². The van der Waals surface area contributed by atoms with Crippen molar-refractivity contribution in [1.29, 1.82) is 0 Å². The van der Waals surface area contributed by atoms with Crippen molar-refractivity contribution in [3.63, 3.8) is 0 Å². The standard InChI is InChI=1S/C21H21ClN2O3S/c1-13-9-10-16(22)19-18(13)23-21(28-19)24(12-14-6-5-11-27-14)20(25)15-7-3-4-8-17(15)26-2/h3-4,7-10,14H,5-6,11-12H2,1-2H3. The number of thiazole rings is 1. The summed E-state index contributed by atoms with van der Waals surface area (Å²) in [5, 5.41) is 1.27. The molecule has 2 heterocycles. The maximum atomic E-state index is 13.5. The van der Waals surface area contributed by atoms with Gasteiger partial charge in [0.2, 0.25) is 0 Å². The number of rotatable bonds is 5. The van der Waals surface area contributed by atoms with Gasteiger partial charge in [0.25, 0.3) is 5.91 Å². The molecule has 7 heteroatoms. The number of amides is 1. The summed E-state index contributed by atoms with van der Waals surface area (Å²) in [5.74, 6) is 0.390. The van der Waals surface area contributed by atoms with Gasteiger partial charge in [-0.25, -0.2) is 4.98 Å². The highest BCUT2D eigenvalue weighted by Gasteiger charge is 2.29. The molecule has 5 nitrogen and oxygen atoms in total. The summed E-state index contributed by atoms with van der Waals surface area (Å²) in [5.41, 5.74) is 2.37. The highest BCUT2D eigenvalue weighted by atomic mass is 35.5. The van der Waals surface area contributed by atoms with E-state index >= 15 is 0 Å². The van der Waals surface area contributed by atoms with Gasteiger partial charge < -0.3 is 9.47 Å². The summed E-state index contributed by atoms with van der Waals surface area (Å²) >= 11 is 7.82. The summed E-state index contributed by atoms with van der Waals surface area (Å²) in [4.78, 5) is 19.9. The number of aromatic nitrogens is 1. The normalized spacial score (nSPS) is 16.5. The largest absolute Gasteiger partial charge is 0.496 e. The molecule has 1 aromatic heterocycles. The number of methoxy groups -OCH3 is 1. The lowest BCUT2D eigenvalue weighted by molar-refractivity contribution is 0.0915. The monoisotopic (exact) mass is 416 g/mol. The van der Waals surface area contributed by atoms with Crippen molar-refractivity contribution >= 4 is 44.2 Å². The van der Waals surface area contributed by atoms with Crippen molar-refractivity contribution in [2.45, 2.75) is 25.9 Å². The molecule has 0 spiro atoms. The minimum absolute atomic E-state index is 0.00207. The molecule has 0 N–H and O–H groups in total. The molecule has 0 aliphatic carbocycles. The molecular weight excluding hydrogens is 396 g/mol. The molecule has 1 atom stereocenters. The first-order valence-corrected chi connectivity index (χ1v) is 10.4. The number of carbonyl (C=O) groups is 1. The predicted octanol–water partition coefficient (Wildman–Crippen LogP) is 5.09. The Kier molecular flexibility index (Phi) is 5.53. The molecule has 1 amide bonds. The zero-order valence-corrected chi connectivity index (χ0v) is 17.3. The lowest BCUT2D eigenvalue weighted by atomic mass is 10.1. The first-order valence-electron chi connectivity index (χ1n) is 9.20. The average molecular weight is 417 g/mol. The van der Waals surface area contributed by atoms with Crippen LogP contribution in [0.5, 0.6) is 5.75 Å².